The zero-order valence-electron chi connectivity index (χ0n) is 18.2. The van der Waals surface area contributed by atoms with Gasteiger partial charge in [-0.1, -0.05) is 18.4 Å². The van der Waals surface area contributed by atoms with Crippen LogP contribution in [0.2, 0.25) is 0 Å². The van der Waals surface area contributed by atoms with Gasteiger partial charge in [-0.15, -0.1) is 0 Å². The molecule has 6 nitrogen and oxygen atoms in total. The van der Waals surface area contributed by atoms with Crippen molar-refractivity contribution in [2.24, 2.45) is 5.73 Å². The van der Waals surface area contributed by atoms with Gasteiger partial charge in [-0.05, 0) is 49.5 Å². The minimum atomic E-state index is -3.23. The van der Waals surface area contributed by atoms with Crippen LogP contribution in [0.1, 0.15) is 50.2 Å². The molecular weight excluding hydrogens is 436 g/mol. The Morgan fingerprint density at radius 1 is 1.06 bits per heavy atom. The summed E-state index contributed by atoms with van der Waals surface area (Å²) in [6, 6.07) is 3.00. The quantitative estimate of drug-likeness (QED) is 0.690. The van der Waals surface area contributed by atoms with E-state index in [0.717, 1.165) is 56.8 Å². The molecule has 176 valence electrons. The van der Waals surface area contributed by atoms with Crippen molar-refractivity contribution in [1.29, 1.82) is 0 Å². The molecule has 5 rings (SSSR count). The molecule has 32 heavy (non-hydrogen) atoms. The highest BCUT2D eigenvalue weighted by Crippen LogP contribution is 2.36. The molecule has 1 saturated carbocycles. The number of nitrogens with zero attached hydrogens (tertiary/aromatic N) is 2. The Morgan fingerprint density at radius 2 is 1.81 bits per heavy atom. The fourth-order valence-electron chi connectivity index (χ4n) is 5.77. The van der Waals surface area contributed by atoms with Crippen LogP contribution in [0.4, 0.5) is 8.78 Å². The molecule has 3 atom stereocenters. The van der Waals surface area contributed by atoms with Gasteiger partial charge in [0.2, 0.25) is 10.0 Å². The van der Waals surface area contributed by atoms with Crippen molar-refractivity contribution in [2.45, 2.75) is 62.0 Å². The molecule has 1 aromatic carbocycles. The summed E-state index contributed by atoms with van der Waals surface area (Å²) in [6.07, 6.45) is 4.36. The van der Waals surface area contributed by atoms with Crippen LogP contribution in [0.25, 0.3) is 0 Å². The lowest BCUT2D eigenvalue weighted by atomic mass is 9.92. The second kappa shape index (κ2) is 8.76. The fraction of sp³-hybridized carbons (Fsp3) is 0.652. The monoisotopic (exact) mass is 467 g/mol. The van der Waals surface area contributed by atoms with Gasteiger partial charge in [-0.3, -0.25) is 4.90 Å². The molecule has 0 radical (unpaired) electrons. The summed E-state index contributed by atoms with van der Waals surface area (Å²) in [4.78, 5) is 2.31. The summed E-state index contributed by atoms with van der Waals surface area (Å²) in [6.45, 7) is 2.95. The lowest BCUT2D eigenvalue weighted by Gasteiger charge is -2.42. The van der Waals surface area contributed by atoms with Gasteiger partial charge < -0.3 is 10.5 Å². The van der Waals surface area contributed by atoms with Gasteiger partial charge in [0.15, 0.2) is 0 Å². The van der Waals surface area contributed by atoms with Crippen LogP contribution >= 0.6 is 0 Å². The molecule has 4 aliphatic rings. The zero-order valence-corrected chi connectivity index (χ0v) is 19.0. The molecule has 0 amide bonds. The lowest BCUT2D eigenvalue weighted by molar-refractivity contribution is -0.0506. The van der Waals surface area contributed by atoms with Crippen LogP contribution in [0, 0.1) is 11.6 Å². The molecule has 3 heterocycles. The first-order chi connectivity index (χ1) is 15.3. The SMILES string of the molecule is NC1CC(N2CCC3=C(C2)CN(S(=O)(=O)C2CCCC2)C3)COC1c1cc(F)ccc1F. The molecule has 3 unspecified atom stereocenters. The molecule has 0 spiro atoms. The van der Waals surface area contributed by atoms with Crippen molar-refractivity contribution in [3.8, 4) is 0 Å². The summed E-state index contributed by atoms with van der Waals surface area (Å²) < 4.78 is 61.5. The Balaban J connectivity index is 1.22. The molecule has 1 saturated heterocycles. The Morgan fingerprint density at radius 3 is 2.56 bits per heavy atom. The van der Waals surface area contributed by atoms with Gasteiger partial charge >= 0.3 is 0 Å². The lowest BCUT2D eigenvalue weighted by Crippen LogP contribution is -2.51. The van der Waals surface area contributed by atoms with Gasteiger partial charge in [0.25, 0.3) is 0 Å². The van der Waals surface area contributed by atoms with Gasteiger partial charge in [-0.25, -0.2) is 17.2 Å². The molecule has 2 fully saturated rings. The van der Waals surface area contributed by atoms with E-state index in [4.69, 9.17) is 10.5 Å². The molecule has 0 bridgehead atoms. The maximum Gasteiger partial charge on any atom is 0.217 e. The zero-order chi connectivity index (χ0) is 22.5. The van der Waals surface area contributed by atoms with Gasteiger partial charge in [0.1, 0.15) is 17.7 Å². The highest BCUT2D eigenvalue weighted by Gasteiger charge is 2.41. The van der Waals surface area contributed by atoms with Crippen molar-refractivity contribution >= 4 is 10.0 Å². The normalized spacial score (nSPS) is 30.8. The van der Waals surface area contributed by atoms with Crippen molar-refractivity contribution in [1.82, 2.24) is 9.21 Å². The second-order valence-corrected chi connectivity index (χ2v) is 11.8. The number of sulfonamides is 1. The smallest absolute Gasteiger partial charge is 0.217 e. The number of hydrogen-bond acceptors (Lipinski definition) is 5. The van der Waals surface area contributed by atoms with Crippen molar-refractivity contribution in [3.63, 3.8) is 0 Å². The number of halogens is 2. The first kappa shape index (κ1) is 22.4. The first-order valence-electron chi connectivity index (χ1n) is 11.6. The van der Waals surface area contributed by atoms with Crippen LogP contribution in [0.15, 0.2) is 29.3 Å². The third-order valence-electron chi connectivity index (χ3n) is 7.59. The Kier molecular flexibility index (Phi) is 6.13. The molecule has 0 aromatic heterocycles. The molecular formula is C23H31F2N3O3S. The minimum absolute atomic E-state index is 0.0763. The van der Waals surface area contributed by atoms with E-state index in [1.54, 1.807) is 4.31 Å². The number of benzene rings is 1. The van der Waals surface area contributed by atoms with Crippen LogP contribution in [-0.2, 0) is 14.8 Å². The summed E-state index contributed by atoms with van der Waals surface area (Å²) in [5.41, 5.74) is 8.96. The largest absolute Gasteiger partial charge is 0.370 e. The molecule has 3 aliphatic heterocycles. The Labute approximate surface area is 188 Å². The van der Waals surface area contributed by atoms with E-state index in [0.29, 0.717) is 32.7 Å². The summed E-state index contributed by atoms with van der Waals surface area (Å²) in [5, 5.41) is -0.218. The van der Waals surface area contributed by atoms with Crippen molar-refractivity contribution in [2.75, 3.05) is 32.8 Å². The average molecular weight is 468 g/mol. The standard InChI is InChI=1S/C23H31F2N3O3S/c24-17-5-6-21(25)20(9-17)23-22(26)10-18(14-31-23)27-8-7-15-12-28(13-16(15)11-27)32(29,30)19-3-1-2-4-19/h5-6,9,18-19,22-23H,1-4,7-8,10-14,26H2. The van der Waals surface area contributed by atoms with Crippen LogP contribution in [0.3, 0.4) is 0 Å². The van der Waals surface area contributed by atoms with E-state index < -0.39 is 33.8 Å². The van der Waals surface area contributed by atoms with Crippen LogP contribution in [0.5, 0.6) is 0 Å². The predicted molar refractivity (Wildman–Crippen MR) is 117 cm³/mol. The highest BCUT2D eigenvalue weighted by molar-refractivity contribution is 7.89. The number of nitrogens with two attached hydrogens (primary N) is 1. The molecule has 1 aliphatic carbocycles. The van der Waals surface area contributed by atoms with E-state index in [-0.39, 0.29) is 16.9 Å². The number of rotatable bonds is 4. The van der Waals surface area contributed by atoms with E-state index in [9.17, 15) is 17.2 Å². The van der Waals surface area contributed by atoms with E-state index in [2.05, 4.69) is 4.90 Å². The van der Waals surface area contributed by atoms with E-state index in [1.165, 1.54) is 11.1 Å². The summed E-state index contributed by atoms with van der Waals surface area (Å²) in [5.74, 6) is -1.01. The Hall–Kier alpha value is -1.39. The topological polar surface area (TPSA) is 75.9 Å². The summed E-state index contributed by atoms with van der Waals surface area (Å²) >= 11 is 0. The maximum atomic E-state index is 14.2. The Bertz CT molecular complexity index is 1010. The maximum absolute atomic E-state index is 14.2. The number of ether oxygens (including phenoxy) is 1. The third-order valence-corrected chi connectivity index (χ3v) is 9.89. The van der Waals surface area contributed by atoms with Gasteiger partial charge in [0, 0.05) is 43.8 Å². The van der Waals surface area contributed by atoms with Crippen LogP contribution < -0.4 is 5.73 Å². The van der Waals surface area contributed by atoms with Gasteiger partial charge in [0.05, 0.1) is 11.9 Å². The van der Waals surface area contributed by atoms with Crippen molar-refractivity contribution < 1.29 is 21.9 Å². The molecule has 9 heteroatoms. The third kappa shape index (κ3) is 4.14. The molecule has 1 aromatic rings. The summed E-state index contributed by atoms with van der Waals surface area (Å²) in [7, 11) is -3.23. The number of hydrogen-bond donors (Lipinski definition) is 1. The second-order valence-electron chi connectivity index (χ2n) is 9.62. The van der Waals surface area contributed by atoms with E-state index in [1.807, 2.05) is 0 Å². The average Bonchev–Trinajstić information content (AvgIpc) is 3.46. The highest BCUT2D eigenvalue weighted by atomic mass is 32.2. The van der Waals surface area contributed by atoms with Gasteiger partial charge in [-0.2, -0.15) is 4.31 Å². The van der Waals surface area contributed by atoms with Crippen molar-refractivity contribution in [3.05, 3.63) is 46.5 Å². The first-order valence-corrected chi connectivity index (χ1v) is 13.1. The molecule has 2 N–H and O–H groups in total. The fourth-order valence-corrected chi connectivity index (χ4v) is 7.79. The predicted octanol–water partition coefficient (Wildman–Crippen LogP) is 2.71. The van der Waals surface area contributed by atoms with E-state index >= 15 is 0 Å². The van der Waals surface area contributed by atoms with Crippen LogP contribution in [-0.4, -0.2) is 67.7 Å². The minimum Gasteiger partial charge on any atom is -0.370 e.